The molecule has 0 aliphatic carbocycles. The van der Waals surface area contributed by atoms with Crippen molar-refractivity contribution in [1.82, 2.24) is 10.6 Å². The van der Waals surface area contributed by atoms with Gasteiger partial charge in [0.15, 0.2) is 0 Å². The number of carbonyl (C=O) groups is 1. The summed E-state index contributed by atoms with van der Waals surface area (Å²) in [4.78, 5) is 12.8. The number of hydrogen-bond donors (Lipinski definition) is 2. The monoisotopic (exact) mass is 300 g/mol. The van der Waals surface area contributed by atoms with Gasteiger partial charge in [0, 0.05) is 24.0 Å². The molecule has 2 N–H and O–H groups in total. The quantitative estimate of drug-likeness (QED) is 0.878. The minimum atomic E-state index is 0.0648. The van der Waals surface area contributed by atoms with Crippen LogP contribution in [0.2, 0.25) is 0 Å². The normalized spacial score (nSPS) is 28.6. The van der Waals surface area contributed by atoms with E-state index in [0.717, 1.165) is 19.3 Å². The number of piperidine rings is 1. The van der Waals surface area contributed by atoms with E-state index < -0.39 is 0 Å². The molecule has 22 heavy (non-hydrogen) atoms. The molecule has 0 aromatic heterocycles. The Morgan fingerprint density at radius 1 is 1.18 bits per heavy atom. The second-order valence-electron chi connectivity index (χ2n) is 7.36. The molecule has 3 atom stereocenters. The van der Waals surface area contributed by atoms with Gasteiger partial charge in [-0.15, -0.1) is 0 Å². The van der Waals surface area contributed by atoms with E-state index in [-0.39, 0.29) is 11.8 Å². The van der Waals surface area contributed by atoms with Gasteiger partial charge in [-0.2, -0.15) is 0 Å². The van der Waals surface area contributed by atoms with E-state index in [1.807, 2.05) is 6.07 Å². The molecule has 1 aromatic rings. The maximum atomic E-state index is 12.8. The number of amides is 1. The molecule has 3 nitrogen and oxygen atoms in total. The summed E-state index contributed by atoms with van der Waals surface area (Å²) in [5, 5.41) is 6.98. The molecule has 2 fully saturated rings. The molecule has 2 heterocycles. The highest BCUT2D eigenvalue weighted by Gasteiger charge is 2.35. The molecule has 0 radical (unpaired) electrons. The zero-order valence-electron chi connectivity index (χ0n) is 13.7. The van der Waals surface area contributed by atoms with Gasteiger partial charge in [-0.05, 0) is 43.6 Å². The van der Waals surface area contributed by atoms with Crippen LogP contribution in [0.5, 0.6) is 0 Å². The summed E-state index contributed by atoms with van der Waals surface area (Å²) in [6.07, 6.45) is 5.57. The molecular formula is C19H28N2O. The summed E-state index contributed by atoms with van der Waals surface area (Å²) in [5.74, 6) is 0.665. The number of nitrogens with one attached hydrogen (secondary N) is 2. The van der Waals surface area contributed by atoms with Gasteiger partial charge < -0.3 is 10.6 Å². The lowest BCUT2D eigenvalue weighted by molar-refractivity contribution is -0.127. The first-order valence-electron chi connectivity index (χ1n) is 8.72. The lowest BCUT2D eigenvalue weighted by Crippen LogP contribution is -2.50. The number of carbonyl (C=O) groups excluding carboxylic acids is 1. The summed E-state index contributed by atoms with van der Waals surface area (Å²) in [7, 11) is 0. The number of hydrogen-bond acceptors (Lipinski definition) is 2. The second-order valence-corrected chi connectivity index (χ2v) is 7.36. The van der Waals surface area contributed by atoms with Gasteiger partial charge in [0.25, 0.3) is 0 Å². The number of benzene rings is 1. The molecule has 2 bridgehead atoms. The SMILES string of the molecule is CC(C)C(Cc1ccccc1)C(=O)NC1CC2CCC(C1)N2. The Kier molecular flexibility index (Phi) is 4.82. The zero-order valence-corrected chi connectivity index (χ0v) is 13.7. The second kappa shape index (κ2) is 6.82. The zero-order chi connectivity index (χ0) is 15.5. The number of rotatable bonds is 5. The van der Waals surface area contributed by atoms with Crippen molar-refractivity contribution in [2.24, 2.45) is 11.8 Å². The summed E-state index contributed by atoms with van der Waals surface area (Å²) in [6, 6.07) is 12.0. The molecule has 120 valence electrons. The van der Waals surface area contributed by atoms with Crippen LogP contribution < -0.4 is 10.6 Å². The Labute approximate surface area is 133 Å². The average Bonchev–Trinajstić information content (AvgIpc) is 2.84. The van der Waals surface area contributed by atoms with E-state index in [1.165, 1.54) is 18.4 Å². The fourth-order valence-corrected chi connectivity index (χ4v) is 3.98. The Balaban J connectivity index is 1.60. The van der Waals surface area contributed by atoms with Crippen molar-refractivity contribution < 1.29 is 4.79 Å². The third kappa shape index (κ3) is 3.70. The van der Waals surface area contributed by atoms with Crippen LogP contribution in [0.15, 0.2) is 30.3 Å². The van der Waals surface area contributed by atoms with E-state index >= 15 is 0 Å². The topological polar surface area (TPSA) is 41.1 Å². The van der Waals surface area contributed by atoms with E-state index in [2.05, 4.69) is 48.7 Å². The lowest BCUT2D eigenvalue weighted by atomic mass is 9.87. The number of fused-ring (bicyclic) bond motifs is 2. The highest BCUT2D eigenvalue weighted by Crippen LogP contribution is 2.27. The predicted molar refractivity (Wildman–Crippen MR) is 89.6 cm³/mol. The third-order valence-corrected chi connectivity index (χ3v) is 5.26. The molecule has 1 amide bonds. The van der Waals surface area contributed by atoms with Crippen LogP contribution in [0.3, 0.4) is 0 Å². The molecule has 2 aliphatic heterocycles. The van der Waals surface area contributed by atoms with Crippen molar-refractivity contribution in [3.05, 3.63) is 35.9 Å². The van der Waals surface area contributed by atoms with Gasteiger partial charge in [0.2, 0.25) is 5.91 Å². The maximum Gasteiger partial charge on any atom is 0.223 e. The smallest absolute Gasteiger partial charge is 0.223 e. The van der Waals surface area contributed by atoms with Crippen LogP contribution >= 0.6 is 0 Å². The van der Waals surface area contributed by atoms with Crippen molar-refractivity contribution in [1.29, 1.82) is 0 Å². The standard InChI is InChI=1S/C19H28N2O/c1-13(2)18(10-14-6-4-3-5-7-14)19(22)21-17-11-15-8-9-16(12-17)20-15/h3-7,13,15-18,20H,8-12H2,1-2H3,(H,21,22). The van der Waals surface area contributed by atoms with E-state index in [0.29, 0.717) is 24.0 Å². The fourth-order valence-electron chi connectivity index (χ4n) is 3.98. The Bertz CT molecular complexity index is 487. The highest BCUT2D eigenvalue weighted by atomic mass is 16.2. The molecule has 2 aliphatic rings. The molecule has 3 heteroatoms. The van der Waals surface area contributed by atoms with Gasteiger partial charge in [0.05, 0.1) is 0 Å². The van der Waals surface area contributed by atoms with Crippen molar-refractivity contribution in [2.75, 3.05) is 0 Å². The van der Waals surface area contributed by atoms with Crippen LogP contribution in [-0.2, 0) is 11.2 Å². The molecule has 2 saturated heterocycles. The minimum absolute atomic E-state index is 0.0648. The van der Waals surface area contributed by atoms with Crippen molar-refractivity contribution in [2.45, 2.75) is 64.1 Å². The lowest BCUT2D eigenvalue weighted by Gasteiger charge is -2.31. The first-order chi connectivity index (χ1) is 10.6. The van der Waals surface area contributed by atoms with Gasteiger partial charge in [0.1, 0.15) is 0 Å². The molecule has 1 aromatic carbocycles. The van der Waals surface area contributed by atoms with E-state index in [9.17, 15) is 4.79 Å². The van der Waals surface area contributed by atoms with Crippen LogP contribution in [-0.4, -0.2) is 24.0 Å². The molecular weight excluding hydrogens is 272 g/mol. The predicted octanol–water partition coefficient (Wildman–Crippen LogP) is 2.90. The fraction of sp³-hybridized carbons (Fsp3) is 0.632. The molecule has 0 spiro atoms. The third-order valence-electron chi connectivity index (χ3n) is 5.26. The van der Waals surface area contributed by atoms with Crippen LogP contribution in [0.1, 0.15) is 45.1 Å². The van der Waals surface area contributed by atoms with Crippen LogP contribution in [0, 0.1) is 11.8 Å². The van der Waals surface area contributed by atoms with E-state index in [1.54, 1.807) is 0 Å². The van der Waals surface area contributed by atoms with Gasteiger partial charge >= 0.3 is 0 Å². The van der Waals surface area contributed by atoms with Crippen LogP contribution in [0.25, 0.3) is 0 Å². The van der Waals surface area contributed by atoms with Crippen molar-refractivity contribution in [3.8, 4) is 0 Å². The van der Waals surface area contributed by atoms with Gasteiger partial charge in [-0.1, -0.05) is 44.2 Å². The Morgan fingerprint density at radius 2 is 1.82 bits per heavy atom. The van der Waals surface area contributed by atoms with Crippen molar-refractivity contribution in [3.63, 3.8) is 0 Å². The molecule has 3 rings (SSSR count). The highest BCUT2D eigenvalue weighted by molar-refractivity contribution is 5.79. The molecule has 3 unspecified atom stereocenters. The maximum absolute atomic E-state index is 12.8. The van der Waals surface area contributed by atoms with Crippen LogP contribution in [0.4, 0.5) is 0 Å². The largest absolute Gasteiger partial charge is 0.353 e. The Morgan fingerprint density at radius 3 is 2.41 bits per heavy atom. The van der Waals surface area contributed by atoms with E-state index in [4.69, 9.17) is 0 Å². The minimum Gasteiger partial charge on any atom is -0.353 e. The Hall–Kier alpha value is -1.35. The summed E-state index contributed by atoms with van der Waals surface area (Å²) < 4.78 is 0. The summed E-state index contributed by atoms with van der Waals surface area (Å²) >= 11 is 0. The van der Waals surface area contributed by atoms with Gasteiger partial charge in [-0.3, -0.25) is 4.79 Å². The first-order valence-corrected chi connectivity index (χ1v) is 8.72. The van der Waals surface area contributed by atoms with Gasteiger partial charge in [-0.25, -0.2) is 0 Å². The van der Waals surface area contributed by atoms with Crippen molar-refractivity contribution >= 4 is 5.91 Å². The first kappa shape index (κ1) is 15.5. The molecule has 0 saturated carbocycles. The summed E-state index contributed by atoms with van der Waals surface area (Å²) in [5.41, 5.74) is 1.25. The summed E-state index contributed by atoms with van der Waals surface area (Å²) in [6.45, 7) is 4.30. The average molecular weight is 300 g/mol.